The second-order valence-electron chi connectivity index (χ2n) is 7.11. The highest BCUT2D eigenvalue weighted by atomic mass is 32.2. The molecule has 2 aromatic carbocycles. The van der Waals surface area contributed by atoms with Crippen LogP contribution in [0.3, 0.4) is 0 Å². The molecule has 0 saturated carbocycles. The highest BCUT2D eigenvalue weighted by Gasteiger charge is 2.22. The number of hydrogen-bond acceptors (Lipinski definition) is 7. The fraction of sp³-hybridized carbons (Fsp3) is 0.286. The van der Waals surface area contributed by atoms with E-state index in [0.717, 1.165) is 11.8 Å². The Bertz CT molecular complexity index is 1200. The molecule has 1 heterocycles. The van der Waals surface area contributed by atoms with Gasteiger partial charge < -0.3 is 15.0 Å². The Morgan fingerprint density at radius 1 is 1.19 bits per heavy atom. The molecule has 0 aliphatic rings. The monoisotopic (exact) mass is 475 g/mol. The number of phenolic OH excluding ortho intramolecular Hbond substituents is 1. The van der Waals surface area contributed by atoms with Gasteiger partial charge in [0.2, 0.25) is 15.9 Å². The number of carbonyl (C=O) groups excluding carboxylic acids is 1. The van der Waals surface area contributed by atoms with Crippen molar-refractivity contribution < 1.29 is 18.3 Å². The highest BCUT2D eigenvalue weighted by molar-refractivity contribution is 7.99. The largest absolute Gasteiger partial charge is 0.506 e. The number of nitrogens with one attached hydrogen (secondary N) is 1. The molecule has 0 bridgehead atoms. The lowest BCUT2D eigenvalue weighted by atomic mass is 10.2. The summed E-state index contributed by atoms with van der Waals surface area (Å²) in [5, 5.41) is 21.4. The summed E-state index contributed by atoms with van der Waals surface area (Å²) >= 11 is 1.19. The van der Waals surface area contributed by atoms with Gasteiger partial charge >= 0.3 is 0 Å². The number of sulfonamides is 1. The van der Waals surface area contributed by atoms with Crippen LogP contribution in [0, 0.1) is 6.92 Å². The summed E-state index contributed by atoms with van der Waals surface area (Å²) in [5.41, 5.74) is 1.79. The molecule has 3 rings (SSSR count). The molecular weight excluding hydrogens is 450 g/mol. The van der Waals surface area contributed by atoms with E-state index in [4.69, 9.17) is 0 Å². The number of hydrogen-bond donors (Lipinski definition) is 2. The van der Waals surface area contributed by atoms with Gasteiger partial charge in [0.1, 0.15) is 5.75 Å². The number of thioether (sulfide) groups is 1. The van der Waals surface area contributed by atoms with E-state index in [-0.39, 0.29) is 24.0 Å². The molecule has 0 saturated heterocycles. The van der Waals surface area contributed by atoms with Crippen molar-refractivity contribution in [3.05, 3.63) is 59.9 Å². The zero-order valence-electron chi connectivity index (χ0n) is 18.0. The number of para-hydroxylation sites is 1. The van der Waals surface area contributed by atoms with Crippen LogP contribution < -0.4 is 9.62 Å². The van der Waals surface area contributed by atoms with Crippen molar-refractivity contribution >= 4 is 39.1 Å². The summed E-state index contributed by atoms with van der Waals surface area (Å²) in [4.78, 5) is 12.4. The topological polar surface area (TPSA) is 117 Å². The summed E-state index contributed by atoms with van der Waals surface area (Å²) in [6.45, 7) is 4.30. The Morgan fingerprint density at radius 3 is 2.56 bits per heavy atom. The normalized spacial score (nSPS) is 11.3. The van der Waals surface area contributed by atoms with Crippen LogP contribution in [0.4, 0.5) is 11.4 Å². The molecule has 0 fully saturated rings. The second kappa shape index (κ2) is 10.0. The van der Waals surface area contributed by atoms with Crippen LogP contribution in [-0.2, 0) is 27.9 Å². The van der Waals surface area contributed by atoms with Crippen LogP contribution in [0.25, 0.3) is 0 Å². The second-order valence-corrected chi connectivity index (χ2v) is 9.96. The molecule has 0 spiro atoms. The molecule has 3 aromatic rings. The summed E-state index contributed by atoms with van der Waals surface area (Å²) in [5.74, 6) is 0.223. The van der Waals surface area contributed by atoms with E-state index in [1.165, 1.54) is 22.1 Å². The minimum absolute atomic E-state index is 0.00487. The number of aromatic nitrogens is 3. The summed E-state index contributed by atoms with van der Waals surface area (Å²) in [7, 11) is -3.54. The molecule has 0 aliphatic carbocycles. The van der Waals surface area contributed by atoms with Gasteiger partial charge in [0, 0.05) is 6.54 Å². The van der Waals surface area contributed by atoms with Gasteiger partial charge in [-0.2, -0.15) is 0 Å². The lowest BCUT2D eigenvalue weighted by molar-refractivity contribution is -0.113. The minimum atomic E-state index is -3.54. The standard InChI is InChI=1S/C21H25N5O4S2/c1-4-25-19(13-26(32(3,29)30)16-8-6-5-7-9-16)23-24-21(25)31-14-20(28)22-17-12-15(2)10-11-18(17)27/h5-12,27H,4,13-14H2,1-3H3,(H,22,28). The van der Waals surface area contributed by atoms with Crippen molar-refractivity contribution in [2.24, 2.45) is 0 Å². The van der Waals surface area contributed by atoms with Gasteiger partial charge in [-0.25, -0.2) is 8.42 Å². The quantitative estimate of drug-likeness (QED) is 0.361. The number of phenols is 1. The highest BCUT2D eigenvalue weighted by Crippen LogP contribution is 2.25. The fourth-order valence-corrected chi connectivity index (χ4v) is 4.73. The number of rotatable bonds is 9. The van der Waals surface area contributed by atoms with Crippen LogP contribution in [0.1, 0.15) is 18.3 Å². The van der Waals surface area contributed by atoms with Gasteiger partial charge in [-0.1, -0.05) is 36.0 Å². The maximum absolute atomic E-state index is 12.4. The van der Waals surface area contributed by atoms with E-state index in [0.29, 0.717) is 28.9 Å². The number of amides is 1. The first-order chi connectivity index (χ1) is 15.2. The van der Waals surface area contributed by atoms with Crippen molar-refractivity contribution in [2.45, 2.75) is 32.1 Å². The molecule has 9 nitrogen and oxygen atoms in total. The van der Waals surface area contributed by atoms with Gasteiger partial charge in [-0.05, 0) is 43.7 Å². The molecule has 0 atom stereocenters. The average molecular weight is 476 g/mol. The summed E-state index contributed by atoms with van der Waals surface area (Å²) in [6.07, 6.45) is 1.15. The first kappa shape index (κ1) is 23.6. The van der Waals surface area contributed by atoms with Crippen molar-refractivity contribution in [3.8, 4) is 5.75 Å². The van der Waals surface area contributed by atoms with Crippen molar-refractivity contribution in [1.29, 1.82) is 0 Å². The maximum atomic E-state index is 12.4. The minimum Gasteiger partial charge on any atom is -0.506 e. The van der Waals surface area contributed by atoms with Crippen molar-refractivity contribution in [2.75, 3.05) is 21.6 Å². The number of benzene rings is 2. The van der Waals surface area contributed by atoms with Crippen LogP contribution in [-0.4, -0.2) is 46.2 Å². The lowest BCUT2D eigenvalue weighted by Gasteiger charge is -2.22. The third kappa shape index (κ3) is 5.80. The molecular formula is C21H25N5O4S2. The molecule has 11 heteroatoms. The molecule has 1 aromatic heterocycles. The van der Waals surface area contributed by atoms with E-state index >= 15 is 0 Å². The first-order valence-electron chi connectivity index (χ1n) is 9.86. The van der Waals surface area contributed by atoms with Gasteiger partial charge in [0.25, 0.3) is 0 Å². The SMILES string of the molecule is CCn1c(CN(c2ccccc2)S(C)(=O)=O)nnc1SCC(=O)Nc1cc(C)ccc1O. The number of anilines is 2. The van der Waals surface area contributed by atoms with Gasteiger partial charge in [0.05, 0.1) is 29.9 Å². The Balaban J connectivity index is 1.73. The average Bonchev–Trinajstić information content (AvgIpc) is 3.14. The maximum Gasteiger partial charge on any atom is 0.234 e. The molecule has 0 unspecified atom stereocenters. The lowest BCUT2D eigenvalue weighted by Crippen LogP contribution is -2.30. The van der Waals surface area contributed by atoms with E-state index in [2.05, 4.69) is 15.5 Å². The predicted octanol–water partition coefficient (Wildman–Crippen LogP) is 3.01. The van der Waals surface area contributed by atoms with Crippen LogP contribution in [0.15, 0.2) is 53.7 Å². The number of carbonyl (C=O) groups is 1. The van der Waals surface area contributed by atoms with Gasteiger partial charge in [0.15, 0.2) is 11.0 Å². The van der Waals surface area contributed by atoms with Crippen LogP contribution in [0.2, 0.25) is 0 Å². The Kier molecular flexibility index (Phi) is 7.41. The predicted molar refractivity (Wildman–Crippen MR) is 125 cm³/mol. The van der Waals surface area contributed by atoms with Gasteiger partial charge in [-0.3, -0.25) is 9.10 Å². The third-order valence-electron chi connectivity index (χ3n) is 4.60. The third-order valence-corrected chi connectivity index (χ3v) is 6.71. The van der Waals surface area contributed by atoms with Crippen LogP contribution in [0.5, 0.6) is 5.75 Å². The van der Waals surface area contributed by atoms with E-state index < -0.39 is 10.0 Å². The van der Waals surface area contributed by atoms with Crippen molar-refractivity contribution in [1.82, 2.24) is 14.8 Å². The fourth-order valence-electron chi connectivity index (χ4n) is 3.05. The smallest absolute Gasteiger partial charge is 0.234 e. The van der Waals surface area contributed by atoms with E-state index in [1.807, 2.05) is 19.9 Å². The molecule has 0 aliphatic heterocycles. The number of aryl methyl sites for hydroxylation is 1. The number of aromatic hydroxyl groups is 1. The van der Waals surface area contributed by atoms with Crippen LogP contribution >= 0.6 is 11.8 Å². The van der Waals surface area contributed by atoms with Crippen molar-refractivity contribution in [3.63, 3.8) is 0 Å². The Labute approximate surface area is 191 Å². The Morgan fingerprint density at radius 2 is 1.91 bits per heavy atom. The van der Waals surface area contributed by atoms with Gasteiger partial charge in [-0.15, -0.1) is 10.2 Å². The molecule has 2 N–H and O–H groups in total. The molecule has 0 radical (unpaired) electrons. The summed E-state index contributed by atoms with van der Waals surface area (Å²) in [6, 6.07) is 13.7. The zero-order valence-corrected chi connectivity index (χ0v) is 19.7. The molecule has 32 heavy (non-hydrogen) atoms. The van der Waals surface area contributed by atoms with E-state index in [1.54, 1.807) is 41.0 Å². The zero-order chi connectivity index (χ0) is 23.3. The Hall–Kier alpha value is -3.05. The van der Waals surface area contributed by atoms with E-state index in [9.17, 15) is 18.3 Å². The molecule has 1 amide bonds. The summed E-state index contributed by atoms with van der Waals surface area (Å²) < 4.78 is 27.8. The first-order valence-corrected chi connectivity index (χ1v) is 12.7. The number of nitrogens with zero attached hydrogens (tertiary/aromatic N) is 4. The molecule has 170 valence electrons.